The lowest BCUT2D eigenvalue weighted by atomic mass is 9.67. The minimum atomic E-state index is -3.15. The number of dihydropyridines is 1. The van der Waals surface area contributed by atoms with Gasteiger partial charge in [0.2, 0.25) is 11.9 Å². The molecular weight excluding hydrogens is 995 g/mol. The van der Waals surface area contributed by atoms with Gasteiger partial charge in [-0.3, -0.25) is 10.1 Å². The number of phenols is 3. The van der Waals surface area contributed by atoms with Gasteiger partial charge in [-0.25, -0.2) is 9.59 Å². The summed E-state index contributed by atoms with van der Waals surface area (Å²) < 4.78 is 31.5. The number of aliphatic carboxylic acids is 1. The van der Waals surface area contributed by atoms with Gasteiger partial charge in [0.1, 0.15) is 58.2 Å². The average Bonchev–Trinajstić information content (AvgIpc) is 3.91. The fourth-order valence-electron chi connectivity index (χ4n) is 11.6. The Balaban J connectivity index is 1.21. The Morgan fingerprint density at radius 1 is 0.961 bits per heavy atom. The number of phenolic OH excluding ortho intramolecular Hbond substituents is 3. The Hall–Kier alpha value is -7.19. The van der Waals surface area contributed by atoms with Gasteiger partial charge in [0, 0.05) is 82.9 Å². The number of carbonyl (C=O) groups excluding carboxylic acids is 1. The standard InChI is InChI=1S/C54H53N3O19/c1-3-31-29(20-28-23(2)7-13-56-47(28)57-31)30-18-27-19-32-24(8-14-55-32)6-4-11-52(71)45(66)46(67)54(27,76-53(52)12-5-10-51(49(68)69)44(65)42(63)43(64)48(75-51)73-50(53)70)74-37-22-36-39(41(62)38(30)37)33(59)21-35(72-36)26-16-25(9-15-58)40(61)34(60)17-26/h8,14,16-18,20-23,30,42-48,55-58,60-67,71H,3,7,9,11-13,15,19H2,1-2H3,(H,68,69)/t23-,30-,42+,43+,44-,45+,46+,47?,48-,51-,52-,53+,54-/m0/s1. The van der Waals surface area contributed by atoms with Crippen molar-refractivity contribution in [1.29, 1.82) is 0 Å². The van der Waals surface area contributed by atoms with Gasteiger partial charge >= 0.3 is 11.9 Å². The molecule has 2 aromatic heterocycles. The van der Waals surface area contributed by atoms with Crippen molar-refractivity contribution in [2.24, 2.45) is 5.92 Å². The lowest BCUT2D eigenvalue weighted by molar-refractivity contribution is -0.378. The number of carbonyl (C=O) groups is 2. The molecule has 1 unspecified atom stereocenters. The zero-order valence-corrected chi connectivity index (χ0v) is 40.7. The Labute approximate surface area is 431 Å². The lowest BCUT2D eigenvalue weighted by Crippen LogP contribution is -2.80. The van der Waals surface area contributed by atoms with Gasteiger partial charge in [-0.15, -0.1) is 0 Å². The maximum atomic E-state index is 15.3. The highest BCUT2D eigenvalue weighted by atomic mass is 16.8. The van der Waals surface area contributed by atoms with Crippen LogP contribution in [0.1, 0.15) is 67.8 Å². The van der Waals surface area contributed by atoms with Crippen molar-refractivity contribution in [3.63, 3.8) is 0 Å². The van der Waals surface area contributed by atoms with Crippen molar-refractivity contribution in [3.8, 4) is 58.0 Å². The molecule has 398 valence electrons. The van der Waals surface area contributed by atoms with Crippen LogP contribution in [-0.2, 0) is 36.6 Å². The lowest BCUT2D eigenvalue weighted by Gasteiger charge is -2.57. The molecule has 7 aliphatic heterocycles. The Morgan fingerprint density at radius 3 is 2.50 bits per heavy atom. The average molecular weight is 1050 g/mol. The number of aromatic amines is 1. The van der Waals surface area contributed by atoms with E-state index in [1.807, 2.05) is 13.0 Å². The number of fused-ring (bicyclic) bond motifs is 7. The van der Waals surface area contributed by atoms with Gasteiger partial charge in [-0.05, 0) is 61.1 Å². The molecule has 0 amide bonds. The van der Waals surface area contributed by atoms with Crippen LogP contribution in [-0.4, -0.2) is 152 Å². The molecule has 3 saturated heterocycles. The van der Waals surface area contributed by atoms with Crippen LogP contribution in [0.3, 0.4) is 0 Å². The van der Waals surface area contributed by atoms with Crippen LogP contribution < -0.4 is 20.8 Å². The molecule has 4 aromatic rings. The normalized spacial score (nSPS) is 34.4. The van der Waals surface area contributed by atoms with E-state index in [1.54, 1.807) is 18.3 Å². The maximum absolute atomic E-state index is 15.3. The number of rotatable bonds is 6. The van der Waals surface area contributed by atoms with Crippen LogP contribution in [0.25, 0.3) is 22.3 Å². The highest BCUT2D eigenvalue weighted by molar-refractivity contribution is 5.90. The number of nitrogens with one attached hydrogen (secondary N) is 3. The largest absolute Gasteiger partial charge is 0.507 e. The van der Waals surface area contributed by atoms with Crippen molar-refractivity contribution in [2.45, 2.75) is 124 Å². The van der Waals surface area contributed by atoms with Crippen molar-refractivity contribution >= 4 is 22.9 Å². The number of aromatic nitrogens is 1. The number of benzene rings is 2. The summed E-state index contributed by atoms with van der Waals surface area (Å²) in [5.74, 6) is 0.320. The molecule has 0 radical (unpaired) electrons. The van der Waals surface area contributed by atoms with Crippen LogP contribution in [0.5, 0.6) is 23.0 Å². The second-order valence-corrected chi connectivity index (χ2v) is 20.2. The number of hydrogen-bond acceptors (Lipinski definition) is 20. The molecule has 4 bridgehead atoms. The molecular formula is C54H53N3O19. The minimum absolute atomic E-state index is 0.0363. The zero-order chi connectivity index (χ0) is 54.0. The number of aliphatic hydroxyl groups is 7. The smallest absolute Gasteiger partial charge is 0.351 e. The molecule has 14 N–H and O–H groups in total. The number of allylic oxidation sites excluding steroid dienone is 4. The van der Waals surface area contributed by atoms with Crippen molar-refractivity contribution in [3.05, 3.63) is 104 Å². The first-order valence-electron chi connectivity index (χ1n) is 24.7. The number of ether oxygens (including phenoxy) is 4. The number of hydrogen-bond donors (Lipinski definition) is 14. The molecule has 22 nitrogen and oxygen atoms in total. The van der Waals surface area contributed by atoms with Gasteiger partial charge in [0.25, 0.3) is 11.4 Å². The quantitative estimate of drug-likeness (QED) is 0.0528. The first-order valence-corrected chi connectivity index (χ1v) is 24.7. The Morgan fingerprint density at radius 2 is 1.75 bits per heavy atom. The van der Waals surface area contributed by atoms with Crippen molar-refractivity contribution in [2.75, 3.05) is 13.2 Å². The van der Waals surface area contributed by atoms with E-state index in [2.05, 4.69) is 46.2 Å². The summed E-state index contributed by atoms with van der Waals surface area (Å²) in [6, 6.07) is 6.39. The molecule has 1 aliphatic carbocycles. The molecule has 0 saturated carbocycles. The Kier molecular flexibility index (Phi) is 12.2. The van der Waals surface area contributed by atoms with E-state index in [9.17, 15) is 65.8 Å². The van der Waals surface area contributed by atoms with E-state index < -0.39 is 119 Å². The molecule has 2 aromatic carbocycles. The molecule has 12 rings (SSSR count). The SMILES string of the molecule is CCC1=C([C@@H]2C=C3Cc4[nH]ccc4C#CC[C@]4(O)[C@H](O)[C@@H](O)[C@@]3(Oc3cc5oc(-c6cc(O)c(O)c(CCO)c6)cc(=O)c5c(O)c32)O[C@@]42CC#C[C@]3(C(=O)O)O[C@H](OC2=O)[C@H](O)[C@@H](O)[C@@H]3O)C=C2C(NCC[C@@H]2C)N1. The van der Waals surface area contributed by atoms with Gasteiger partial charge in [-0.2, -0.15) is 0 Å². The Bertz CT molecular complexity index is 3430. The molecule has 8 aliphatic rings. The predicted molar refractivity (Wildman–Crippen MR) is 261 cm³/mol. The van der Waals surface area contributed by atoms with Crippen LogP contribution in [0.2, 0.25) is 0 Å². The third-order valence-electron chi connectivity index (χ3n) is 15.9. The molecule has 76 heavy (non-hydrogen) atoms. The first-order chi connectivity index (χ1) is 36.2. The van der Waals surface area contributed by atoms with Crippen LogP contribution in [0, 0.1) is 29.6 Å². The second-order valence-electron chi connectivity index (χ2n) is 20.2. The molecule has 13 atom stereocenters. The number of carboxylic acids is 1. The third kappa shape index (κ3) is 7.39. The van der Waals surface area contributed by atoms with Gasteiger partial charge in [-0.1, -0.05) is 49.7 Å². The monoisotopic (exact) mass is 1050 g/mol. The first kappa shape index (κ1) is 50.9. The number of carboxylic acid groups (broad SMARTS) is 1. The summed E-state index contributed by atoms with van der Waals surface area (Å²) >= 11 is 0. The highest BCUT2D eigenvalue weighted by Gasteiger charge is 2.75. The van der Waals surface area contributed by atoms with Crippen LogP contribution in [0.4, 0.5) is 0 Å². The van der Waals surface area contributed by atoms with Gasteiger partial charge in [0.15, 0.2) is 23.0 Å². The van der Waals surface area contributed by atoms with Crippen LogP contribution in [0.15, 0.2) is 80.3 Å². The summed E-state index contributed by atoms with van der Waals surface area (Å²) in [5, 5.41) is 133. The number of H-pyrrole nitrogens is 1. The fraction of sp³-hybridized carbons (Fsp3) is 0.426. The molecule has 9 heterocycles. The van der Waals surface area contributed by atoms with E-state index in [0.29, 0.717) is 35.5 Å². The summed E-state index contributed by atoms with van der Waals surface area (Å²) in [4.78, 5) is 45.9. The van der Waals surface area contributed by atoms with Gasteiger partial charge < -0.3 is 89.8 Å². The third-order valence-corrected chi connectivity index (χ3v) is 15.9. The summed E-state index contributed by atoms with van der Waals surface area (Å²) in [6.07, 6.45) is -11.0. The summed E-state index contributed by atoms with van der Waals surface area (Å²) in [5.41, 5.74) is -7.56. The van der Waals surface area contributed by atoms with E-state index in [-0.39, 0.29) is 69.7 Å². The van der Waals surface area contributed by atoms with E-state index in [0.717, 1.165) is 24.1 Å². The zero-order valence-electron chi connectivity index (χ0n) is 40.7. The number of aliphatic hydroxyl groups excluding tert-OH is 6. The predicted octanol–water partition coefficient (Wildman–Crippen LogP) is 0.120. The number of aromatic hydroxyl groups is 3. The summed E-state index contributed by atoms with van der Waals surface area (Å²) in [6.45, 7) is 4.25. The molecule has 2 spiro atoms. The molecule has 3 fully saturated rings. The van der Waals surface area contributed by atoms with E-state index in [1.165, 1.54) is 12.1 Å². The minimum Gasteiger partial charge on any atom is -0.507 e. The van der Waals surface area contributed by atoms with E-state index in [4.69, 9.17) is 23.4 Å². The second kappa shape index (κ2) is 18.2. The summed E-state index contributed by atoms with van der Waals surface area (Å²) in [7, 11) is 0. The number of piperidine rings is 1. The number of esters is 1. The van der Waals surface area contributed by atoms with Crippen molar-refractivity contribution in [1.82, 2.24) is 15.6 Å². The van der Waals surface area contributed by atoms with Crippen molar-refractivity contribution < 1.29 is 89.1 Å². The van der Waals surface area contributed by atoms with Gasteiger partial charge in [0.05, 0.1) is 12.6 Å². The van der Waals surface area contributed by atoms with Crippen LogP contribution >= 0.6 is 0 Å². The topological polar surface area (TPSA) is 364 Å². The molecule has 22 heteroatoms. The highest BCUT2D eigenvalue weighted by Crippen LogP contribution is 2.57. The fourth-order valence-corrected chi connectivity index (χ4v) is 11.6. The maximum Gasteiger partial charge on any atom is 0.351 e. The van der Waals surface area contributed by atoms with E-state index >= 15 is 4.79 Å².